The molecule has 0 saturated heterocycles. The number of benzene rings is 9. The van der Waals surface area contributed by atoms with Crippen LogP contribution in [0.1, 0.15) is 5.56 Å². The number of fused-ring (bicyclic) bond motifs is 9. The van der Waals surface area contributed by atoms with Crippen molar-refractivity contribution in [1.82, 2.24) is 0 Å². The van der Waals surface area contributed by atoms with Crippen molar-refractivity contribution in [3.05, 3.63) is 194 Å². The predicted molar refractivity (Wildman–Crippen MR) is 230 cm³/mol. The Hall–Kier alpha value is -7.81. The van der Waals surface area contributed by atoms with E-state index in [1.807, 2.05) is 30.3 Å². The van der Waals surface area contributed by atoms with Crippen LogP contribution in [0.15, 0.2) is 197 Å². The van der Waals surface area contributed by atoms with Crippen LogP contribution in [-0.2, 0) is 0 Å². The van der Waals surface area contributed by atoms with E-state index in [9.17, 15) is 5.26 Å². The third-order valence-electron chi connectivity index (χ3n) is 10.8. The number of furan rings is 2. The van der Waals surface area contributed by atoms with E-state index in [1.54, 1.807) is 0 Å². The summed E-state index contributed by atoms with van der Waals surface area (Å²) in [5.74, 6) is 0. The van der Waals surface area contributed by atoms with E-state index in [-0.39, 0.29) is 0 Å². The Morgan fingerprint density at radius 1 is 0.357 bits per heavy atom. The van der Waals surface area contributed by atoms with E-state index in [2.05, 4.69) is 174 Å². The molecule has 0 fully saturated rings. The molecule has 0 aliphatic carbocycles. The van der Waals surface area contributed by atoms with Crippen LogP contribution in [0.4, 0.5) is 34.1 Å². The van der Waals surface area contributed by atoms with Gasteiger partial charge in [-0.3, -0.25) is 0 Å². The normalized spacial score (nSPS) is 11.6. The van der Waals surface area contributed by atoms with E-state index < -0.39 is 0 Å². The molecule has 5 nitrogen and oxygen atoms in total. The number of hydrogen-bond donors (Lipinski definition) is 0. The highest BCUT2D eigenvalue weighted by atomic mass is 16.4. The first-order valence-corrected chi connectivity index (χ1v) is 18.6. The van der Waals surface area contributed by atoms with E-state index in [0.717, 1.165) is 82.8 Å². The maximum Gasteiger partial charge on any atom is 0.179 e. The average Bonchev–Trinajstić information content (AvgIpc) is 3.81. The Labute approximate surface area is 322 Å². The molecule has 0 amide bonds. The highest BCUT2D eigenvalue weighted by Gasteiger charge is 2.22. The van der Waals surface area contributed by atoms with Crippen molar-refractivity contribution >= 4 is 99.5 Å². The molecule has 0 aliphatic rings. The number of para-hydroxylation sites is 4. The topological polar surface area (TPSA) is 56.6 Å². The van der Waals surface area contributed by atoms with Crippen LogP contribution in [0.2, 0.25) is 0 Å². The van der Waals surface area contributed by atoms with Gasteiger partial charge in [0.1, 0.15) is 11.2 Å². The summed E-state index contributed by atoms with van der Waals surface area (Å²) in [6.07, 6.45) is 0. The van der Waals surface area contributed by atoms with E-state index in [0.29, 0.717) is 22.3 Å². The third-order valence-corrected chi connectivity index (χ3v) is 10.8. The Morgan fingerprint density at radius 3 is 1.25 bits per heavy atom. The minimum Gasteiger partial charge on any atom is -0.452 e. The Morgan fingerprint density at radius 2 is 0.786 bits per heavy atom. The summed E-state index contributed by atoms with van der Waals surface area (Å²) in [4.78, 5) is 4.51. The van der Waals surface area contributed by atoms with Crippen molar-refractivity contribution in [3.8, 4) is 6.07 Å². The van der Waals surface area contributed by atoms with E-state index >= 15 is 0 Å². The smallest absolute Gasteiger partial charge is 0.179 e. The molecule has 0 bridgehead atoms. The number of hydrogen-bond acceptors (Lipinski definition) is 5. The maximum atomic E-state index is 10.5. The highest BCUT2D eigenvalue weighted by Crippen LogP contribution is 2.44. The zero-order valence-electron chi connectivity index (χ0n) is 30.1. The number of nitrogens with zero attached hydrogens (tertiary/aromatic N) is 3. The van der Waals surface area contributed by atoms with Gasteiger partial charge in [-0.15, -0.1) is 0 Å². The first-order valence-electron chi connectivity index (χ1n) is 18.6. The lowest BCUT2D eigenvalue weighted by molar-refractivity contribution is 0.634. The molecule has 0 aliphatic heterocycles. The van der Waals surface area contributed by atoms with Crippen LogP contribution in [0.25, 0.3) is 65.4 Å². The molecule has 2 aromatic heterocycles. The summed E-state index contributed by atoms with van der Waals surface area (Å²) in [5.41, 5.74) is 9.60. The molecular weight excluding hydrogens is 687 g/mol. The van der Waals surface area contributed by atoms with Crippen LogP contribution < -0.4 is 9.80 Å². The van der Waals surface area contributed by atoms with Gasteiger partial charge in [-0.2, -0.15) is 5.26 Å². The van der Waals surface area contributed by atoms with Crippen molar-refractivity contribution in [3.63, 3.8) is 0 Å². The van der Waals surface area contributed by atoms with Crippen LogP contribution >= 0.6 is 0 Å². The van der Waals surface area contributed by atoms with Crippen molar-refractivity contribution in [2.45, 2.75) is 0 Å². The quantitative estimate of drug-likeness (QED) is 0.171. The standard InChI is InChI=1S/C51H31N3O2/c52-32-37-29-45-44-27-33-21-23-42(53(38-13-5-1-6-14-38)39-15-7-2-8-16-39)25-35(33)30-47(44)55-50(45)51-49(37)46-28-34-22-24-43(26-36(34)31-48(46)56-51)54(40-17-9-3-10-18-40)41-19-11-4-12-20-41/h1-31H. The maximum absolute atomic E-state index is 10.5. The fourth-order valence-corrected chi connectivity index (χ4v) is 8.20. The minimum atomic E-state index is 0.557. The Bertz CT molecular complexity index is 3230. The van der Waals surface area contributed by atoms with Gasteiger partial charge in [0.15, 0.2) is 11.2 Å². The number of nitriles is 1. The summed E-state index contributed by atoms with van der Waals surface area (Å²) in [6.45, 7) is 0. The molecule has 0 radical (unpaired) electrons. The summed E-state index contributed by atoms with van der Waals surface area (Å²) >= 11 is 0. The lowest BCUT2D eigenvalue weighted by Crippen LogP contribution is -2.09. The second-order valence-electron chi connectivity index (χ2n) is 14.1. The number of anilines is 6. The van der Waals surface area contributed by atoms with Crippen molar-refractivity contribution < 1.29 is 8.83 Å². The van der Waals surface area contributed by atoms with Gasteiger partial charge in [-0.1, -0.05) is 84.9 Å². The molecule has 9 aromatic carbocycles. The Kier molecular flexibility index (Phi) is 7.16. The van der Waals surface area contributed by atoms with Gasteiger partial charge in [0.05, 0.1) is 11.6 Å². The second-order valence-corrected chi connectivity index (χ2v) is 14.1. The zero-order chi connectivity index (χ0) is 37.2. The van der Waals surface area contributed by atoms with Gasteiger partial charge in [-0.05, 0) is 125 Å². The largest absolute Gasteiger partial charge is 0.452 e. The van der Waals surface area contributed by atoms with Crippen LogP contribution in [0, 0.1) is 11.3 Å². The van der Waals surface area contributed by atoms with Crippen LogP contribution in [0.5, 0.6) is 0 Å². The van der Waals surface area contributed by atoms with Gasteiger partial charge in [0, 0.05) is 55.7 Å². The highest BCUT2D eigenvalue weighted by molar-refractivity contribution is 6.23. The van der Waals surface area contributed by atoms with Gasteiger partial charge >= 0.3 is 0 Å². The fourth-order valence-electron chi connectivity index (χ4n) is 8.20. The molecule has 5 heteroatoms. The van der Waals surface area contributed by atoms with Crippen molar-refractivity contribution in [2.75, 3.05) is 9.80 Å². The SMILES string of the molecule is N#Cc1cc2c3cc4ccc(N(c5ccccc5)c5ccccc5)cc4cc3oc2c2oc3cc4cc(N(c5ccccc5)c5ccccc5)ccc4cc3c12. The number of rotatable bonds is 6. The monoisotopic (exact) mass is 717 g/mol. The minimum absolute atomic E-state index is 0.557. The molecule has 0 spiro atoms. The van der Waals surface area contributed by atoms with E-state index in [1.165, 1.54) is 0 Å². The lowest BCUT2D eigenvalue weighted by atomic mass is 10.00. The van der Waals surface area contributed by atoms with Crippen molar-refractivity contribution in [2.24, 2.45) is 0 Å². The molecule has 0 saturated carbocycles. The van der Waals surface area contributed by atoms with Crippen molar-refractivity contribution in [1.29, 1.82) is 5.26 Å². The summed E-state index contributed by atoms with van der Waals surface area (Å²) in [5, 5.41) is 18.2. The second kappa shape index (κ2) is 12.7. The summed E-state index contributed by atoms with van der Waals surface area (Å²) in [6, 6.07) is 67.5. The molecule has 0 atom stereocenters. The first-order chi connectivity index (χ1) is 27.7. The molecule has 262 valence electrons. The first kappa shape index (κ1) is 31.7. The zero-order valence-corrected chi connectivity index (χ0v) is 30.1. The Balaban J connectivity index is 1.07. The third kappa shape index (κ3) is 5.09. The molecule has 56 heavy (non-hydrogen) atoms. The fraction of sp³-hybridized carbons (Fsp3) is 0. The van der Waals surface area contributed by atoms with Gasteiger partial charge in [-0.25, -0.2) is 0 Å². The molecule has 0 N–H and O–H groups in total. The summed E-state index contributed by atoms with van der Waals surface area (Å²) in [7, 11) is 0. The summed E-state index contributed by atoms with van der Waals surface area (Å²) < 4.78 is 13.4. The molecule has 11 aromatic rings. The van der Waals surface area contributed by atoms with Gasteiger partial charge in [0.2, 0.25) is 0 Å². The van der Waals surface area contributed by atoms with Gasteiger partial charge < -0.3 is 18.6 Å². The molecule has 0 unspecified atom stereocenters. The molecule has 11 rings (SSSR count). The lowest BCUT2D eigenvalue weighted by Gasteiger charge is -2.25. The molecular formula is C51H31N3O2. The van der Waals surface area contributed by atoms with Gasteiger partial charge in [0.25, 0.3) is 0 Å². The average molecular weight is 718 g/mol. The van der Waals surface area contributed by atoms with Crippen LogP contribution in [0.3, 0.4) is 0 Å². The predicted octanol–water partition coefficient (Wildman–Crippen LogP) is 14.6. The van der Waals surface area contributed by atoms with E-state index in [4.69, 9.17) is 8.83 Å². The molecule has 2 heterocycles. The van der Waals surface area contributed by atoms with Crippen LogP contribution in [-0.4, -0.2) is 0 Å².